The van der Waals surface area contributed by atoms with Gasteiger partial charge in [0, 0.05) is 19.3 Å². The molecule has 1 unspecified atom stereocenters. The van der Waals surface area contributed by atoms with Gasteiger partial charge < -0.3 is 14.8 Å². The smallest absolute Gasteiger partial charge is 0.0700 e. The quantitative estimate of drug-likeness (QED) is 0.549. The SMILES string of the molecule is CCCOCCOCCCC(C)NC. The summed E-state index contributed by atoms with van der Waals surface area (Å²) >= 11 is 0. The fraction of sp³-hybridized carbons (Fsp3) is 1.00. The molecule has 1 atom stereocenters. The van der Waals surface area contributed by atoms with Crippen LogP contribution in [0.3, 0.4) is 0 Å². The normalized spacial score (nSPS) is 13.1. The van der Waals surface area contributed by atoms with Crippen molar-refractivity contribution in [2.75, 3.05) is 33.5 Å². The van der Waals surface area contributed by atoms with Crippen molar-refractivity contribution in [3.63, 3.8) is 0 Å². The summed E-state index contributed by atoms with van der Waals surface area (Å²) in [7, 11) is 1.99. The van der Waals surface area contributed by atoms with Crippen molar-refractivity contribution in [2.24, 2.45) is 0 Å². The van der Waals surface area contributed by atoms with E-state index in [1.165, 1.54) is 6.42 Å². The van der Waals surface area contributed by atoms with Gasteiger partial charge in [0.25, 0.3) is 0 Å². The van der Waals surface area contributed by atoms with Gasteiger partial charge in [-0.3, -0.25) is 0 Å². The molecular formula is C11H25NO2. The van der Waals surface area contributed by atoms with Crippen LogP contribution in [0.15, 0.2) is 0 Å². The Hall–Kier alpha value is -0.120. The van der Waals surface area contributed by atoms with E-state index in [1.54, 1.807) is 0 Å². The molecule has 0 bridgehead atoms. The highest BCUT2D eigenvalue weighted by molar-refractivity contribution is 4.55. The van der Waals surface area contributed by atoms with E-state index >= 15 is 0 Å². The number of hydrogen-bond donors (Lipinski definition) is 1. The minimum absolute atomic E-state index is 0.593. The third-order valence-corrected chi connectivity index (χ3v) is 2.14. The van der Waals surface area contributed by atoms with E-state index in [-0.39, 0.29) is 0 Å². The van der Waals surface area contributed by atoms with Crippen LogP contribution in [0.25, 0.3) is 0 Å². The Balaban J connectivity index is 2.92. The Bertz CT molecular complexity index is 109. The van der Waals surface area contributed by atoms with E-state index in [0.29, 0.717) is 6.04 Å². The molecule has 3 heteroatoms. The van der Waals surface area contributed by atoms with Crippen LogP contribution in [0.5, 0.6) is 0 Å². The largest absolute Gasteiger partial charge is 0.379 e. The maximum atomic E-state index is 5.42. The molecule has 3 nitrogen and oxygen atoms in total. The first kappa shape index (κ1) is 13.9. The Morgan fingerprint density at radius 2 is 1.71 bits per heavy atom. The molecule has 0 aliphatic carbocycles. The summed E-state index contributed by atoms with van der Waals surface area (Å²) in [6, 6.07) is 0.593. The van der Waals surface area contributed by atoms with Crippen molar-refractivity contribution in [1.82, 2.24) is 5.32 Å². The predicted molar refractivity (Wildman–Crippen MR) is 59.7 cm³/mol. The van der Waals surface area contributed by atoms with Gasteiger partial charge in [-0.1, -0.05) is 6.92 Å². The lowest BCUT2D eigenvalue weighted by molar-refractivity contribution is 0.0462. The predicted octanol–water partition coefficient (Wildman–Crippen LogP) is 1.82. The minimum atomic E-state index is 0.593. The van der Waals surface area contributed by atoms with Crippen LogP contribution in [-0.4, -0.2) is 39.5 Å². The molecule has 0 radical (unpaired) electrons. The Morgan fingerprint density at radius 3 is 2.29 bits per heavy atom. The summed E-state index contributed by atoms with van der Waals surface area (Å²) in [6.07, 6.45) is 3.38. The molecule has 0 aromatic rings. The van der Waals surface area contributed by atoms with Gasteiger partial charge in [-0.2, -0.15) is 0 Å². The second-order valence-electron chi connectivity index (χ2n) is 3.56. The molecule has 14 heavy (non-hydrogen) atoms. The van der Waals surface area contributed by atoms with E-state index in [0.717, 1.165) is 39.3 Å². The van der Waals surface area contributed by atoms with E-state index in [1.807, 2.05) is 7.05 Å². The topological polar surface area (TPSA) is 30.5 Å². The van der Waals surface area contributed by atoms with Gasteiger partial charge >= 0.3 is 0 Å². The van der Waals surface area contributed by atoms with Crippen LogP contribution in [0.2, 0.25) is 0 Å². The second-order valence-corrected chi connectivity index (χ2v) is 3.56. The molecule has 0 spiro atoms. The van der Waals surface area contributed by atoms with Crippen LogP contribution in [0.4, 0.5) is 0 Å². The Labute approximate surface area is 88.2 Å². The molecule has 0 saturated carbocycles. The Kier molecular flexibility index (Phi) is 10.9. The molecule has 0 heterocycles. The molecule has 0 aromatic heterocycles. The summed E-state index contributed by atoms with van der Waals surface area (Å²) in [5, 5.41) is 3.20. The summed E-state index contributed by atoms with van der Waals surface area (Å²) in [5.74, 6) is 0. The standard InChI is InChI=1S/C11H25NO2/c1-4-7-13-9-10-14-8-5-6-11(2)12-3/h11-12H,4-10H2,1-3H3. The number of nitrogens with one attached hydrogen (secondary N) is 1. The van der Waals surface area contributed by atoms with Crippen molar-refractivity contribution in [1.29, 1.82) is 0 Å². The highest BCUT2D eigenvalue weighted by Gasteiger charge is 1.96. The highest BCUT2D eigenvalue weighted by Crippen LogP contribution is 1.95. The fourth-order valence-electron chi connectivity index (χ4n) is 1.10. The number of hydrogen-bond acceptors (Lipinski definition) is 3. The first-order chi connectivity index (χ1) is 6.81. The van der Waals surface area contributed by atoms with Crippen molar-refractivity contribution in [3.8, 4) is 0 Å². The number of rotatable bonds is 10. The van der Waals surface area contributed by atoms with Gasteiger partial charge in [-0.05, 0) is 33.2 Å². The summed E-state index contributed by atoms with van der Waals surface area (Å²) < 4.78 is 10.7. The van der Waals surface area contributed by atoms with Crippen molar-refractivity contribution in [2.45, 2.75) is 39.2 Å². The Morgan fingerprint density at radius 1 is 1.07 bits per heavy atom. The molecule has 0 saturated heterocycles. The molecule has 0 aromatic carbocycles. The van der Waals surface area contributed by atoms with Gasteiger partial charge in [0.1, 0.15) is 0 Å². The third kappa shape index (κ3) is 9.96. The van der Waals surface area contributed by atoms with Crippen molar-refractivity contribution in [3.05, 3.63) is 0 Å². The van der Waals surface area contributed by atoms with E-state index < -0.39 is 0 Å². The van der Waals surface area contributed by atoms with Crippen molar-refractivity contribution < 1.29 is 9.47 Å². The van der Waals surface area contributed by atoms with Gasteiger partial charge in [-0.25, -0.2) is 0 Å². The molecule has 1 N–H and O–H groups in total. The average molecular weight is 203 g/mol. The first-order valence-electron chi connectivity index (χ1n) is 5.64. The zero-order valence-electron chi connectivity index (χ0n) is 9.84. The van der Waals surface area contributed by atoms with E-state index in [4.69, 9.17) is 9.47 Å². The van der Waals surface area contributed by atoms with Crippen LogP contribution in [-0.2, 0) is 9.47 Å². The van der Waals surface area contributed by atoms with Crippen LogP contribution in [0.1, 0.15) is 33.1 Å². The zero-order valence-corrected chi connectivity index (χ0v) is 9.84. The maximum absolute atomic E-state index is 5.42. The van der Waals surface area contributed by atoms with Gasteiger partial charge in [0.15, 0.2) is 0 Å². The van der Waals surface area contributed by atoms with Crippen molar-refractivity contribution >= 4 is 0 Å². The summed E-state index contributed by atoms with van der Waals surface area (Å²) in [5.41, 5.74) is 0. The first-order valence-corrected chi connectivity index (χ1v) is 5.64. The van der Waals surface area contributed by atoms with Crippen LogP contribution in [0, 0.1) is 0 Å². The van der Waals surface area contributed by atoms with Crippen LogP contribution < -0.4 is 5.32 Å². The fourth-order valence-corrected chi connectivity index (χ4v) is 1.10. The molecule has 86 valence electrons. The van der Waals surface area contributed by atoms with E-state index in [9.17, 15) is 0 Å². The molecule has 0 aliphatic rings. The van der Waals surface area contributed by atoms with Gasteiger partial charge in [0.2, 0.25) is 0 Å². The van der Waals surface area contributed by atoms with Crippen LogP contribution >= 0.6 is 0 Å². The second kappa shape index (κ2) is 11.0. The average Bonchev–Trinajstić information content (AvgIpc) is 2.21. The number of ether oxygens (including phenoxy) is 2. The van der Waals surface area contributed by atoms with Gasteiger partial charge in [0.05, 0.1) is 13.2 Å². The zero-order chi connectivity index (χ0) is 10.6. The molecule has 0 aliphatic heterocycles. The summed E-state index contributed by atoms with van der Waals surface area (Å²) in [4.78, 5) is 0. The lowest BCUT2D eigenvalue weighted by atomic mass is 10.2. The van der Waals surface area contributed by atoms with E-state index in [2.05, 4.69) is 19.2 Å². The lowest BCUT2D eigenvalue weighted by Gasteiger charge is -2.09. The minimum Gasteiger partial charge on any atom is -0.379 e. The molecule has 0 rings (SSSR count). The molecular weight excluding hydrogens is 178 g/mol. The summed E-state index contributed by atoms with van der Waals surface area (Å²) in [6.45, 7) is 7.45. The molecule has 0 fully saturated rings. The third-order valence-electron chi connectivity index (χ3n) is 2.14. The molecule has 0 amide bonds. The van der Waals surface area contributed by atoms with Gasteiger partial charge in [-0.15, -0.1) is 0 Å². The maximum Gasteiger partial charge on any atom is 0.0700 e. The monoisotopic (exact) mass is 203 g/mol. The highest BCUT2D eigenvalue weighted by atomic mass is 16.5. The lowest BCUT2D eigenvalue weighted by Crippen LogP contribution is -2.21.